The van der Waals surface area contributed by atoms with Crippen molar-refractivity contribution in [1.82, 2.24) is 13.9 Å². The topological polar surface area (TPSA) is 58.2 Å². The lowest BCUT2D eigenvalue weighted by Crippen LogP contribution is -2.52. The third-order valence-corrected chi connectivity index (χ3v) is 8.49. The minimum Gasteiger partial charge on any atom is -0.380 e. The highest BCUT2D eigenvalue weighted by atomic mass is 16.5. The van der Waals surface area contributed by atoms with Crippen LogP contribution in [0, 0.1) is 34.5 Å². The number of ether oxygens (including phenoxy) is 1. The summed E-state index contributed by atoms with van der Waals surface area (Å²) in [5, 5.41) is 0. The zero-order chi connectivity index (χ0) is 15.6. The molecule has 4 saturated carbocycles. The van der Waals surface area contributed by atoms with Gasteiger partial charge in [0.15, 0.2) is 0 Å². The van der Waals surface area contributed by atoms with Gasteiger partial charge in [-0.2, -0.15) is 0 Å². The molecule has 120 valence electrons. The molecule has 0 amide bonds. The summed E-state index contributed by atoms with van der Waals surface area (Å²) in [5.74, 6) is 2.69. The first kappa shape index (κ1) is 11.5. The number of aromatic nitrogens is 3. The predicted octanol–water partition coefficient (Wildman–Crippen LogP) is 0.419. The van der Waals surface area contributed by atoms with Crippen LogP contribution in [0.4, 0.5) is 0 Å². The van der Waals surface area contributed by atoms with Crippen LogP contribution in [0.2, 0.25) is 0 Å². The Hall–Kier alpha value is -2.08. The minimum absolute atomic E-state index is 0.160. The highest BCUT2D eigenvalue weighted by Gasteiger charge is 3.04. The van der Waals surface area contributed by atoms with Crippen LogP contribution in [0.1, 0.15) is 12.1 Å². The molecule has 5 fully saturated rings. The van der Waals surface area contributed by atoms with Crippen LogP contribution in [0.3, 0.4) is 0 Å². The van der Waals surface area contributed by atoms with E-state index in [2.05, 4.69) is 0 Å². The number of hydrogen-bond acceptors (Lipinski definition) is 3. The Bertz CT molecular complexity index is 1030. The molecule has 9 rings (SSSR count). The molecule has 1 aromatic heterocycles. The third kappa shape index (κ3) is 0.729. The standard InChI is InChI=1S/C18H15N3O3/c22-15-19(8-4-2-1-3-5-8)16(23)21-14-11-9-10(11)13(20(15)21)17-6-24-7-18(14,17)12(9)17/h1-5,9-14H,6-7H2/t9?,10-,11+,12?,13-,14-,17+,18+/m0/s1. The molecular weight excluding hydrogens is 306 g/mol. The Morgan fingerprint density at radius 3 is 2.04 bits per heavy atom. The first-order valence-corrected chi connectivity index (χ1v) is 8.84. The fourth-order valence-corrected chi connectivity index (χ4v) is 8.19. The van der Waals surface area contributed by atoms with Gasteiger partial charge in [-0.1, -0.05) is 18.2 Å². The molecular formula is C18H15N3O3. The van der Waals surface area contributed by atoms with Crippen LogP contribution in [0.15, 0.2) is 39.9 Å². The first-order chi connectivity index (χ1) is 11.7. The maximum Gasteiger partial charge on any atom is 0.352 e. The fraction of sp³-hybridized carbons (Fsp3) is 0.556. The van der Waals surface area contributed by atoms with Crippen LogP contribution in [-0.2, 0) is 4.74 Å². The monoisotopic (exact) mass is 321 g/mol. The molecule has 0 radical (unpaired) electrons. The molecule has 2 aromatic rings. The minimum atomic E-state index is -0.160. The lowest BCUT2D eigenvalue weighted by Gasteiger charge is -2.44. The van der Waals surface area contributed by atoms with Crippen LogP contribution >= 0.6 is 0 Å². The molecule has 8 atom stereocenters. The average molecular weight is 321 g/mol. The summed E-state index contributed by atoms with van der Waals surface area (Å²) < 4.78 is 10.9. The predicted molar refractivity (Wildman–Crippen MR) is 82.0 cm³/mol. The third-order valence-electron chi connectivity index (χ3n) is 8.49. The van der Waals surface area contributed by atoms with E-state index in [0.29, 0.717) is 23.4 Å². The molecule has 2 bridgehead atoms. The van der Waals surface area contributed by atoms with Gasteiger partial charge >= 0.3 is 11.4 Å². The molecule has 2 spiro atoms. The average Bonchev–Trinajstić information content (AvgIpc) is 3.19. The summed E-state index contributed by atoms with van der Waals surface area (Å²) in [6.45, 7) is 1.57. The molecule has 7 aliphatic rings. The number of para-hydroxylation sites is 1. The highest BCUT2D eigenvalue weighted by molar-refractivity contribution is 5.50. The smallest absolute Gasteiger partial charge is 0.352 e. The van der Waals surface area contributed by atoms with E-state index < -0.39 is 0 Å². The maximum absolute atomic E-state index is 13.2. The van der Waals surface area contributed by atoms with Gasteiger partial charge in [0.05, 0.1) is 31.0 Å². The second-order valence-corrected chi connectivity index (χ2v) is 8.60. The van der Waals surface area contributed by atoms with Gasteiger partial charge in [0.1, 0.15) is 0 Å². The SMILES string of the molecule is O=c1n(-c2ccccc2)c(=O)n2n1[C@H]1[C@@H]3C4C5[C@]16COC[C@]56[C@@H]2[C@@H]43. The summed E-state index contributed by atoms with van der Waals surface area (Å²) in [7, 11) is 0. The Morgan fingerprint density at radius 1 is 0.875 bits per heavy atom. The van der Waals surface area contributed by atoms with E-state index in [4.69, 9.17) is 4.74 Å². The molecule has 4 heterocycles. The number of hydrogen-bond donors (Lipinski definition) is 0. The van der Waals surface area contributed by atoms with Crippen LogP contribution < -0.4 is 11.4 Å². The van der Waals surface area contributed by atoms with Crippen molar-refractivity contribution in [3.05, 3.63) is 51.3 Å². The molecule has 0 N–H and O–H groups in total. The normalized spacial score (nSPS) is 52.3. The van der Waals surface area contributed by atoms with Crippen molar-refractivity contribution in [2.75, 3.05) is 13.2 Å². The number of rotatable bonds is 1. The number of benzene rings is 1. The Kier molecular flexibility index (Phi) is 1.36. The van der Waals surface area contributed by atoms with Gasteiger partial charge in [0, 0.05) is 10.8 Å². The van der Waals surface area contributed by atoms with Crippen molar-refractivity contribution in [1.29, 1.82) is 0 Å². The van der Waals surface area contributed by atoms with E-state index in [-0.39, 0.29) is 34.3 Å². The lowest BCUT2D eigenvalue weighted by molar-refractivity contribution is 0.0280. The lowest BCUT2D eigenvalue weighted by atomic mass is 9.73. The van der Waals surface area contributed by atoms with Gasteiger partial charge in [-0.15, -0.1) is 0 Å². The van der Waals surface area contributed by atoms with E-state index in [1.165, 1.54) is 4.57 Å². The van der Waals surface area contributed by atoms with Crippen LogP contribution in [0.25, 0.3) is 5.69 Å². The Morgan fingerprint density at radius 2 is 1.46 bits per heavy atom. The quantitative estimate of drug-likeness (QED) is 0.765. The molecule has 1 saturated heterocycles. The Balaban J connectivity index is 1.49. The van der Waals surface area contributed by atoms with Crippen molar-refractivity contribution in [2.24, 2.45) is 34.5 Å². The summed E-state index contributed by atoms with van der Waals surface area (Å²) in [5.41, 5.74) is 0.690. The molecule has 6 heteroatoms. The largest absolute Gasteiger partial charge is 0.380 e. The molecule has 3 aliphatic heterocycles. The zero-order valence-electron chi connectivity index (χ0n) is 12.8. The second kappa shape index (κ2) is 2.86. The molecule has 4 aliphatic carbocycles. The van der Waals surface area contributed by atoms with Crippen LogP contribution in [-0.4, -0.2) is 27.1 Å². The van der Waals surface area contributed by atoms with E-state index in [1.807, 2.05) is 39.7 Å². The van der Waals surface area contributed by atoms with Crippen LogP contribution in [0.5, 0.6) is 0 Å². The highest BCUT2D eigenvalue weighted by Crippen LogP contribution is 3.03. The maximum atomic E-state index is 13.2. The summed E-state index contributed by atoms with van der Waals surface area (Å²) >= 11 is 0. The Labute approximate surface area is 136 Å². The molecule has 1 aromatic carbocycles. The van der Waals surface area contributed by atoms with E-state index in [0.717, 1.165) is 19.1 Å². The van der Waals surface area contributed by atoms with Gasteiger partial charge in [-0.25, -0.2) is 23.5 Å². The van der Waals surface area contributed by atoms with Crippen molar-refractivity contribution >= 4 is 0 Å². The first-order valence-electron chi connectivity index (χ1n) is 8.84. The van der Waals surface area contributed by atoms with Crippen molar-refractivity contribution in [3.8, 4) is 5.69 Å². The van der Waals surface area contributed by atoms with Gasteiger partial charge in [0.2, 0.25) is 0 Å². The van der Waals surface area contributed by atoms with E-state index in [1.54, 1.807) is 0 Å². The molecule has 24 heavy (non-hydrogen) atoms. The van der Waals surface area contributed by atoms with Gasteiger partial charge < -0.3 is 4.74 Å². The van der Waals surface area contributed by atoms with Gasteiger partial charge in [-0.3, -0.25) is 0 Å². The second-order valence-electron chi connectivity index (χ2n) is 8.60. The van der Waals surface area contributed by atoms with Crippen molar-refractivity contribution in [3.63, 3.8) is 0 Å². The zero-order valence-corrected chi connectivity index (χ0v) is 12.8. The fourth-order valence-electron chi connectivity index (χ4n) is 8.19. The van der Waals surface area contributed by atoms with E-state index >= 15 is 0 Å². The summed E-state index contributed by atoms with van der Waals surface area (Å²) in [6, 6.07) is 9.70. The molecule has 2 unspecified atom stereocenters. The summed E-state index contributed by atoms with van der Waals surface area (Å²) in [4.78, 5) is 26.4. The number of nitrogens with zero attached hydrogens (tertiary/aromatic N) is 3. The van der Waals surface area contributed by atoms with Crippen molar-refractivity contribution < 1.29 is 4.74 Å². The van der Waals surface area contributed by atoms with Gasteiger partial charge in [0.25, 0.3) is 0 Å². The van der Waals surface area contributed by atoms with Gasteiger partial charge in [-0.05, 0) is 35.8 Å². The molecule has 6 nitrogen and oxygen atoms in total. The van der Waals surface area contributed by atoms with E-state index in [9.17, 15) is 9.59 Å². The van der Waals surface area contributed by atoms with Crippen molar-refractivity contribution in [2.45, 2.75) is 12.1 Å². The summed E-state index contributed by atoms with van der Waals surface area (Å²) in [6.07, 6.45) is 0.